The minimum absolute atomic E-state index is 0.487. The summed E-state index contributed by atoms with van der Waals surface area (Å²) < 4.78 is 0. The van der Waals surface area contributed by atoms with Crippen molar-refractivity contribution in [3.05, 3.63) is 0 Å². The number of carbonyl (C=O) groups is 1. The summed E-state index contributed by atoms with van der Waals surface area (Å²) in [6, 6.07) is -0.487. The summed E-state index contributed by atoms with van der Waals surface area (Å²) in [5.41, 5.74) is 4.78. The highest BCUT2D eigenvalue weighted by atomic mass is 16.2. The van der Waals surface area contributed by atoms with Gasteiger partial charge in [-0.3, -0.25) is 0 Å². The van der Waals surface area contributed by atoms with Gasteiger partial charge in [-0.1, -0.05) is 0 Å². The van der Waals surface area contributed by atoms with Gasteiger partial charge in [-0.25, -0.2) is 4.79 Å². The van der Waals surface area contributed by atoms with E-state index in [2.05, 4.69) is 10.3 Å². The molecule has 0 bridgehead atoms. The Kier molecular flexibility index (Phi) is 4.49. The summed E-state index contributed by atoms with van der Waals surface area (Å²) in [7, 11) is 1.68. The first-order chi connectivity index (χ1) is 4.27. The third-order valence-corrected chi connectivity index (χ3v) is 0.755. The average Bonchev–Trinajstić information content (AvgIpc) is 1.80. The number of amides is 2. The summed E-state index contributed by atoms with van der Waals surface area (Å²) >= 11 is 0. The van der Waals surface area contributed by atoms with E-state index < -0.39 is 6.03 Å². The zero-order valence-corrected chi connectivity index (χ0v) is 5.42. The van der Waals surface area contributed by atoms with Crippen LogP contribution in [-0.4, -0.2) is 25.8 Å². The summed E-state index contributed by atoms with van der Waals surface area (Å²) in [5.74, 6) is 0. The molecule has 3 N–H and O–H groups in total. The second kappa shape index (κ2) is 5.08. The van der Waals surface area contributed by atoms with E-state index in [1.54, 1.807) is 13.3 Å². The van der Waals surface area contributed by atoms with Crippen LogP contribution in [0.5, 0.6) is 0 Å². The molecule has 0 aliphatic heterocycles. The molecule has 0 unspecified atom stereocenters. The molecule has 0 aromatic rings. The molecule has 4 heteroatoms. The number of aliphatic imine (C=N–C) groups is 1. The van der Waals surface area contributed by atoms with Crippen LogP contribution >= 0.6 is 0 Å². The van der Waals surface area contributed by atoms with Crippen LogP contribution in [0.4, 0.5) is 4.79 Å². The number of hydrogen-bond donors (Lipinski definition) is 2. The highest BCUT2D eigenvalue weighted by Gasteiger charge is 1.85. The van der Waals surface area contributed by atoms with Gasteiger partial charge in [0, 0.05) is 19.8 Å². The Bertz CT molecular complexity index is 111. The third kappa shape index (κ3) is 6.94. The second-order valence-electron chi connectivity index (χ2n) is 1.52. The summed E-state index contributed by atoms with van der Waals surface area (Å²) in [4.78, 5) is 13.7. The summed E-state index contributed by atoms with van der Waals surface area (Å²) in [6.07, 6.45) is 2.45. The molecule has 0 rings (SSSR count). The molecule has 4 nitrogen and oxygen atoms in total. The van der Waals surface area contributed by atoms with Crippen molar-refractivity contribution in [2.75, 3.05) is 13.6 Å². The monoisotopic (exact) mass is 129 g/mol. The van der Waals surface area contributed by atoms with Gasteiger partial charge < -0.3 is 16.0 Å². The van der Waals surface area contributed by atoms with Crippen molar-refractivity contribution in [3.63, 3.8) is 0 Å². The number of primary amides is 1. The number of carbonyl (C=O) groups excluding carboxylic acids is 1. The van der Waals surface area contributed by atoms with E-state index in [9.17, 15) is 4.79 Å². The number of nitrogens with zero attached hydrogens (tertiary/aromatic N) is 1. The van der Waals surface area contributed by atoms with Crippen molar-refractivity contribution in [1.29, 1.82) is 0 Å². The number of rotatable bonds is 3. The Morgan fingerprint density at radius 1 is 1.89 bits per heavy atom. The van der Waals surface area contributed by atoms with Crippen LogP contribution in [0, 0.1) is 0 Å². The standard InChI is InChI=1S/C5H11N3O/c1-7-3-2-4-8-5(6)9/h3H,2,4H2,1H3,(H3,6,8,9)/b7-3-. The summed E-state index contributed by atoms with van der Waals surface area (Å²) in [5, 5.41) is 2.43. The average molecular weight is 129 g/mol. The highest BCUT2D eigenvalue weighted by molar-refractivity contribution is 5.72. The fraction of sp³-hybridized carbons (Fsp3) is 0.600. The van der Waals surface area contributed by atoms with Crippen molar-refractivity contribution >= 4 is 12.2 Å². The molecular weight excluding hydrogens is 118 g/mol. The van der Waals surface area contributed by atoms with E-state index >= 15 is 0 Å². The lowest BCUT2D eigenvalue weighted by molar-refractivity contribution is 0.249. The van der Waals surface area contributed by atoms with E-state index in [1.807, 2.05) is 0 Å². The first kappa shape index (κ1) is 7.94. The molecule has 0 aromatic heterocycles. The molecule has 0 radical (unpaired) electrons. The first-order valence-corrected chi connectivity index (χ1v) is 2.71. The van der Waals surface area contributed by atoms with E-state index in [1.165, 1.54) is 0 Å². The van der Waals surface area contributed by atoms with Crippen LogP contribution in [0.2, 0.25) is 0 Å². The molecule has 0 atom stereocenters. The largest absolute Gasteiger partial charge is 0.352 e. The Hall–Kier alpha value is -1.06. The van der Waals surface area contributed by atoms with Crippen molar-refractivity contribution in [2.45, 2.75) is 6.42 Å². The van der Waals surface area contributed by atoms with Crippen LogP contribution < -0.4 is 11.1 Å². The number of hydrogen-bond acceptors (Lipinski definition) is 2. The van der Waals surface area contributed by atoms with Gasteiger partial charge in [-0.2, -0.15) is 0 Å². The number of urea groups is 1. The van der Waals surface area contributed by atoms with Crippen LogP contribution in [0.25, 0.3) is 0 Å². The lowest BCUT2D eigenvalue weighted by Gasteiger charge is -1.94. The second-order valence-corrected chi connectivity index (χ2v) is 1.52. The molecular formula is C5H11N3O. The lowest BCUT2D eigenvalue weighted by atomic mass is 10.5. The molecule has 0 heterocycles. The molecule has 0 aliphatic carbocycles. The Morgan fingerprint density at radius 3 is 3.00 bits per heavy atom. The van der Waals surface area contributed by atoms with E-state index in [0.717, 1.165) is 6.42 Å². The van der Waals surface area contributed by atoms with Gasteiger partial charge in [0.2, 0.25) is 0 Å². The van der Waals surface area contributed by atoms with Crippen molar-refractivity contribution < 1.29 is 4.79 Å². The fourth-order valence-corrected chi connectivity index (χ4v) is 0.389. The Labute approximate surface area is 54.1 Å². The quantitative estimate of drug-likeness (QED) is 0.400. The zero-order chi connectivity index (χ0) is 7.11. The Morgan fingerprint density at radius 2 is 2.56 bits per heavy atom. The van der Waals surface area contributed by atoms with E-state index in [4.69, 9.17) is 5.73 Å². The van der Waals surface area contributed by atoms with Gasteiger partial charge in [0.15, 0.2) is 0 Å². The maximum absolute atomic E-state index is 10.0. The molecule has 2 amide bonds. The molecule has 0 saturated heterocycles. The zero-order valence-electron chi connectivity index (χ0n) is 5.42. The molecule has 0 saturated carbocycles. The minimum atomic E-state index is -0.487. The molecule has 52 valence electrons. The highest BCUT2D eigenvalue weighted by Crippen LogP contribution is 1.67. The first-order valence-electron chi connectivity index (χ1n) is 2.71. The van der Waals surface area contributed by atoms with E-state index in [-0.39, 0.29) is 0 Å². The van der Waals surface area contributed by atoms with Gasteiger partial charge in [-0.15, -0.1) is 0 Å². The van der Waals surface area contributed by atoms with Crippen molar-refractivity contribution in [2.24, 2.45) is 10.7 Å². The van der Waals surface area contributed by atoms with Crippen LogP contribution in [0.15, 0.2) is 4.99 Å². The molecule has 0 aliphatic rings. The van der Waals surface area contributed by atoms with Crippen LogP contribution in [-0.2, 0) is 0 Å². The molecule has 9 heavy (non-hydrogen) atoms. The third-order valence-electron chi connectivity index (χ3n) is 0.755. The van der Waals surface area contributed by atoms with Crippen molar-refractivity contribution in [1.82, 2.24) is 5.32 Å². The maximum atomic E-state index is 10.0. The molecule has 0 spiro atoms. The smallest absolute Gasteiger partial charge is 0.312 e. The van der Waals surface area contributed by atoms with Gasteiger partial charge >= 0.3 is 6.03 Å². The SMILES string of the molecule is C/N=C\CCNC(N)=O. The van der Waals surface area contributed by atoms with Crippen molar-refractivity contribution in [3.8, 4) is 0 Å². The summed E-state index contributed by atoms with van der Waals surface area (Å²) in [6.45, 7) is 0.562. The van der Waals surface area contributed by atoms with Gasteiger partial charge in [0.25, 0.3) is 0 Å². The molecule has 0 aromatic carbocycles. The predicted molar refractivity (Wildman–Crippen MR) is 36.6 cm³/mol. The van der Waals surface area contributed by atoms with Gasteiger partial charge in [0.05, 0.1) is 0 Å². The Balaban J connectivity index is 3.01. The lowest BCUT2D eigenvalue weighted by Crippen LogP contribution is -2.30. The predicted octanol–water partition coefficient (Wildman–Crippen LogP) is -0.255. The van der Waals surface area contributed by atoms with Gasteiger partial charge in [0.1, 0.15) is 0 Å². The topological polar surface area (TPSA) is 67.5 Å². The minimum Gasteiger partial charge on any atom is -0.352 e. The number of nitrogens with two attached hydrogens (primary N) is 1. The van der Waals surface area contributed by atoms with Gasteiger partial charge in [-0.05, 0) is 6.42 Å². The number of nitrogens with one attached hydrogen (secondary N) is 1. The normalized spacial score (nSPS) is 9.89. The van der Waals surface area contributed by atoms with Crippen LogP contribution in [0.3, 0.4) is 0 Å². The van der Waals surface area contributed by atoms with E-state index in [0.29, 0.717) is 6.54 Å². The molecule has 0 fully saturated rings. The van der Waals surface area contributed by atoms with Crippen LogP contribution in [0.1, 0.15) is 6.42 Å². The fourth-order valence-electron chi connectivity index (χ4n) is 0.389. The maximum Gasteiger partial charge on any atom is 0.312 e.